The highest BCUT2D eigenvalue weighted by atomic mass is 32.2. The van der Waals surface area contributed by atoms with Crippen LogP contribution in [0.1, 0.15) is 39.7 Å². The van der Waals surface area contributed by atoms with Crippen molar-refractivity contribution in [3.63, 3.8) is 0 Å². The molecular formula is C13H19N5OS. The first-order chi connectivity index (χ1) is 9.46. The number of carbonyl (C=O) groups is 1. The predicted molar refractivity (Wildman–Crippen MR) is 76.0 cm³/mol. The van der Waals surface area contributed by atoms with Gasteiger partial charge in [0, 0.05) is 6.04 Å². The van der Waals surface area contributed by atoms with Gasteiger partial charge < -0.3 is 9.88 Å². The smallest absolute Gasteiger partial charge is 0.231 e. The second-order valence-corrected chi connectivity index (χ2v) is 6.48. The monoisotopic (exact) mass is 293 g/mol. The van der Waals surface area contributed by atoms with E-state index < -0.39 is 5.54 Å². The maximum atomic E-state index is 12.0. The maximum absolute atomic E-state index is 12.0. The van der Waals surface area contributed by atoms with Gasteiger partial charge in [-0.15, -0.1) is 10.2 Å². The topological polar surface area (TPSA) is 83.6 Å². The molecule has 2 rings (SSSR count). The van der Waals surface area contributed by atoms with Crippen molar-refractivity contribution in [1.82, 2.24) is 20.1 Å². The lowest BCUT2D eigenvalue weighted by Crippen LogP contribution is -2.47. The van der Waals surface area contributed by atoms with Gasteiger partial charge in [0.15, 0.2) is 5.16 Å². The third-order valence-corrected chi connectivity index (χ3v) is 4.41. The third kappa shape index (κ3) is 3.31. The van der Waals surface area contributed by atoms with Crippen LogP contribution in [0.3, 0.4) is 0 Å². The summed E-state index contributed by atoms with van der Waals surface area (Å²) in [6.07, 6.45) is 3.69. The number of hydrogen-bond donors (Lipinski definition) is 1. The van der Waals surface area contributed by atoms with Crippen molar-refractivity contribution in [2.24, 2.45) is 5.92 Å². The van der Waals surface area contributed by atoms with Crippen LogP contribution in [0.15, 0.2) is 11.5 Å². The van der Waals surface area contributed by atoms with E-state index in [-0.39, 0.29) is 17.7 Å². The summed E-state index contributed by atoms with van der Waals surface area (Å²) >= 11 is 1.34. The van der Waals surface area contributed by atoms with Crippen molar-refractivity contribution in [3.05, 3.63) is 6.33 Å². The summed E-state index contributed by atoms with van der Waals surface area (Å²) in [6.45, 7) is 5.87. The Morgan fingerprint density at radius 2 is 2.40 bits per heavy atom. The predicted octanol–water partition coefficient (Wildman–Crippen LogP) is 1.76. The average molecular weight is 293 g/mol. The Kier molecular flexibility index (Phi) is 4.33. The molecule has 1 unspecified atom stereocenters. The molecule has 1 saturated carbocycles. The van der Waals surface area contributed by atoms with Gasteiger partial charge in [0.1, 0.15) is 11.9 Å². The molecule has 1 fully saturated rings. The molecule has 108 valence electrons. The first kappa shape index (κ1) is 14.9. The van der Waals surface area contributed by atoms with Crippen LogP contribution in [0.2, 0.25) is 0 Å². The van der Waals surface area contributed by atoms with E-state index in [1.165, 1.54) is 11.8 Å². The molecule has 1 N–H and O–H groups in total. The van der Waals surface area contributed by atoms with E-state index in [9.17, 15) is 10.1 Å². The molecule has 1 heterocycles. The molecule has 0 radical (unpaired) electrons. The van der Waals surface area contributed by atoms with Gasteiger partial charge in [0.25, 0.3) is 0 Å². The van der Waals surface area contributed by atoms with Crippen molar-refractivity contribution in [1.29, 1.82) is 5.26 Å². The Balaban J connectivity index is 1.89. The highest BCUT2D eigenvalue weighted by molar-refractivity contribution is 7.99. The quantitative estimate of drug-likeness (QED) is 0.808. The van der Waals surface area contributed by atoms with Crippen molar-refractivity contribution in [2.75, 3.05) is 5.75 Å². The van der Waals surface area contributed by atoms with Gasteiger partial charge in [-0.05, 0) is 39.5 Å². The molecule has 0 aromatic carbocycles. The van der Waals surface area contributed by atoms with Crippen LogP contribution in [-0.4, -0.2) is 32.0 Å². The lowest BCUT2D eigenvalue weighted by Gasteiger charge is -2.22. The highest BCUT2D eigenvalue weighted by Gasteiger charge is 2.42. The van der Waals surface area contributed by atoms with Crippen molar-refractivity contribution in [2.45, 2.75) is 50.4 Å². The molecule has 1 amide bonds. The summed E-state index contributed by atoms with van der Waals surface area (Å²) in [4.78, 5) is 12.0. The number of aromatic nitrogens is 3. The molecular weight excluding hydrogens is 274 g/mol. The van der Waals surface area contributed by atoms with Gasteiger partial charge in [-0.1, -0.05) is 11.8 Å². The maximum Gasteiger partial charge on any atom is 0.231 e. The zero-order valence-corrected chi connectivity index (χ0v) is 12.8. The van der Waals surface area contributed by atoms with Crippen LogP contribution in [-0.2, 0) is 4.79 Å². The molecule has 1 atom stereocenters. The lowest BCUT2D eigenvalue weighted by atomic mass is 9.98. The van der Waals surface area contributed by atoms with Crippen LogP contribution in [0.4, 0.5) is 0 Å². The number of amides is 1. The Morgan fingerprint density at radius 1 is 1.70 bits per heavy atom. The summed E-state index contributed by atoms with van der Waals surface area (Å²) in [6, 6.07) is 2.48. The molecule has 0 bridgehead atoms. The lowest BCUT2D eigenvalue weighted by molar-refractivity contribution is -0.119. The van der Waals surface area contributed by atoms with Gasteiger partial charge in [-0.25, -0.2) is 0 Å². The summed E-state index contributed by atoms with van der Waals surface area (Å²) in [5.74, 6) is 0.403. The Bertz CT molecular complexity index is 531. The fourth-order valence-electron chi connectivity index (χ4n) is 2.03. The van der Waals surface area contributed by atoms with Gasteiger partial charge in [-0.3, -0.25) is 4.79 Å². The van der Waals surface area contributed by atoms with Crippen LogP contribution in [0.5, 0.6) is 0 Å². The number of rotatable bonds is 6. The highest BCUT2D eigenvalue weighted by Crippen LogP contribution is 2.39. The molecule has 1 aliphatic carbocycles. The molecule has 1 aliphatic rings. The second-order valence-electron chi connectivity index (χ2n) is 5.54. The second kappa shape index (κ2) is 5.83. The van der Waals surface area contributed by atoms with Gasteiger partial charge in [-0.2, -0.15) is 5.26 Å². The average Bonchev–Trinajstić information content (AvgIpc) is 3.15. The summed E-state index contributed by atoms with van der Waals surface area (Å²) in [7, 11) is 0. The fraction of sp³-hybridized carbons (Fsp3) is 0.692. The molecule has 20 heavy (non-hydrogen) atoms. The molecule has 1 aromatic rings. The van der Waals surface area contributed by atoms with E-state index in [1.54, 1.807) is 13.3 Å². The summed E-state index contributed by atoms with van der Waals surface area (Å²) in [5.41, 5.74) is -0.733. The molecule has 0 aliphatic heterocycles. The van der Waals surface area contributed by atoms with Crippen molar-refractivity contribution >= 4 is 17.7 Å². The SMILES string of the molecule is CC(C)n1cnnc1SCC(=O)NC(C)(C#N)C1CC1. The number of nitrogens with one attached hydrogen (secondary N) is 1. The standard InChI is InChI=1S/C13H19N5OS/c1-9(2)18-8-15-17-12(18)20-6-11(19)16-13(3,7-14)10-4-5-10/h8-10H,4-6H2,1-3H3,(H,16,19). The van der Waals surface area contributed by atoms with Gasteiger partial charge in [0.2, 0.25) is 5.91 Å². The number of hydrogen-bond acceptors (Lipinski definition) is 5. The number of carbonyl (C=O) groups excluding carboxylic acids is 1. The van der Waals surface area contributed by atoms with E-state index in [0.717, 1.165) is 18.0 Å². The Morgan fingerprint density at radius 3 is 2.95 bits per heavy atom. The molecule has 1 aromatic heterocycles. The molecule has 6 nitrogen and oxygen atoms in total. The zero-order valence-electron chi connectivity index (χ0n) is 12.0. The normalized spacial score (nSPS) is 17.6. The molecule has 7 heteroatoms. The minimum absolute atomic E-state index is 0.135. The first-order valence-electron chi connectivity index (χ1n) is 6.71. The van der Waals surface area contributed by atoms with Crippen LogP contribution in [0, 0.1) is 17.2 Å². The summed E-state index contributed by atoms with van der Waals surface area (Å²) in [5, 5.41) is 20.6. The fourth-order valence-corrected chi connectivity index (χ4v) is 2.87. The third-order valence-electron chi connectivity index (χ3n) is 3.45. The van der Waals surface area contributed by atoms with Gasteiger partial charge in [0.05, 0.1) is 11.8 Å². The number of nitrogens with zero attached hydrogens (tertiary/aromatic N) is 4. The number of thioether (sulfide) groups is 1. The van der Waals surface area contributed by atoms with Crippen LogP contribution >= 0.6 is 11.8 Å². The Hall–Kier alpha value is -1.55. The van der Waals surface area contributed by atoms with E-state index in [4.69, 9.17) is 0 Å². The number of nitriles is 1. The van der Waals surface area contributed by atoms with Crippen molar-refractivity contribution in [3.8, 4) is 6.07 Å². The van der Waals surface area contributed by atoms with E-state index in [0.29, 0.717) is 5.92 Å². The Labute approximate surface area is 122 Å². The van der Waals surface area contributed by atoms with Gasteiger partial charge >= 0.3 is 0 Å². The molecule has 0 spiro atoms. The van der Waals surface area contributed by atoms with Crippen LogP contribution in [0.25, 0.3) is 0 Å². The van der Waals surface area contributed by atoms with E-state index in [1.807, 2.05) is 18.4 Å². The first-order valence-corrected chi connectivity index (χ1v) is 7.69. The van der Waals surface area contributed by atoms with E-state index in [2.05, 4.69) is 21.6 Å². The largest absolute Gasteiger partial charge is 0.337 e. The minimum atomic E-state index is -0.733. The minimum Gasteiger partial charge on any atom is -0.337 e. The summed E-state index contributed by atoms with van der Waals surface area (Å²) < 4.78 is 1.92. The zero-order chi connectivity index (χ0) is 14.8. The van der Waals surface area contributed by atoms with E-state index >= 15 is 0 Å². The van der Waals surface area contributed by atoms with Crippen LogP contribution < -0.4 is 5.32 Å². The van der Waals surface area contributed by atoms with Crippen molar-refractivity contribution < 1.29 is 4.79 Å². The molecule has 0 saturated heterocycles.